The molecule has 0 radical (unpaired) electrons. The largest absolute Gasteiger partial charge is 0.480 e. The number of hydrogen-bond acceptors (Lipinski definition) is 5. The van der Waals surface area contributed by atoms with E-state index in [4.69, 9.17) is 5.11 Å². The Bertz CT molecular complexity index is 740. The van der Waals surface area contributed by atoms with Crippen LogP contribution in [0.2, 0.25) is 0 Å². The summed E-state index contributed by atoms with van der Waals surface area (Å²) in [6.45, 7) is 0.852. The first-order chi connectivity index (χ1) is 12.8. The van der Waals surface area contributed by atoms with Crippen LogP contribution < -0.4 is 10.6 Å². The third-order valence-electron chi connectivity index (χ3n) is 5.01. The number of amides is 2. The van der Waals surface area contributed by atoms with Crippen LogP contribution in [0, 0.1) is 11.6 Å². The van der Waals surface area contributed by atoms with Crippen LogP contribution in [0.15, 0.2) is 12.1 Å². The van der Waals surface area contributed by atoms with Crippen LogP contribution in [-0.2, 0) is 14.4 Å². The number of nitrogens with zero attached hydrogens (tertiary/aromatic N) is 1. The van der Waals surface area contributed by atoms with Gasteiger partial charge in [-0.1, -0.05) is 0 Å². The molecule has 27 heavy (non-hydrogen) atoms. The predicted molar refractivity (Wildman–Crippen MR) is 92.2 cm³/mol. The van der Waals surface area contributed by atoms with E-state index in [9.17, 15) is 23.2 Å². The number of halogens is 2. The van der Waals surface area contributed by atoms with E-state index in [-0.39, 0.29) is 42.5 Å². The third kappa shape index (κ3) is 4.60. The number of hydrogen-bond donors (Lipinski definition) is 3. The van der Waals surface area contributed by atoms with E-state index in [0.717, 1.165) is 12.1 Å². The molecule has 0 spiro atoms. The van der Waals surface area contributed by atoms with E-state index < -0.39 is 29.6 Å². The SMILES string of the molecule is O=C(O)CN1CCC(c2c(F)cc(NC3CCC(=O)NC3=O)cc2F)CC1. The molecule has 146 valence electrons. The maximum absolute atomic E-state index is 14.6. The molecule has 9 heteroatoms. The van der Waals surface area contributed by atoms with Crippen molar-refractivity contribution in [2.24, 2.45) is 0 Å². The number of nitrogens with one attached hydrogen (secondary N) is 2. The highest BCUT2D eigenvalue weighted by molar-refractivity contribution is 6.01. The molecule has 1 unspecified atom stereocenters. The predicted octanol–water partition coefficient (Wildman–Crippen LogP) is 1.45. The van der Waals surface area contributed by atoms with Gasteiger partial charge in [0.1, 0.15) is 17.7 Å². The molecule has 0 saturated carbocycles. The standard InChI is InChI=1S/C18H21F2N3O4/c19-12-7-11(21-14-1-2-15(24)22-18(14)27)8-13(20)17(12)10-3-5-23(6-4-10)9-16(25)26/h7-8,10,14,21H,1-6,9H2,(H,25,26)(H,22,24,27). The Labute approximate surface area is 154 Å². The molecule has 2 amide bonds. The maximum atomic E-state index is 14.6. The molecular weight excluding hydrogens is 360 g/mol. The molecule has 3 rings (SSSR count). The van der Waals surface area contributed by atoms with Crippen LogP contribution in [0.1, 0.15) is 37.2 Å². The second-order valence-electron chi connectivity index (χ2n) is 6.95. The van der Waals surface area contributed by atoms with Crippen molar-refractivity contribution < 1.29 is 28.3 Å². The molecule has 1 aromatic carbocycles. The van der Waals surface area contributed by atoms with Gasteiger partial charge < -0.3 is 10.4 Å². The molecule has 0 bridgehead atoms. The van der Waals surface area contributed by atoms with Crippen LogP contribution in [0.5, 0.6) is 0 Å². The zero-order valence-electron chi connectivity index (χ0n) is 14.6. The summed E-state index contributed by atoms with van der Waals surface area (Å²) < 4.78 is 29.1. The van der Waals surface area contributed by atoms with E-state index in [1.807, 2.05) is 0 Å². The highest BCUT2D eigenvalue weighted by atomic mass is 19.1. The Kier molecular flexibility index (Phi) is 5.69. The third-order valence-corrected chi connectivity index (χ3v) is 5.01. The number of benzene rings is 1. The van der Waals surface area contributed by atoms with Gasteiger partial charge >= 0.3 is 5.97 Å². The number of carboxylic acid groups (broad SMARTS) is 1. The van der Waals surface area contributed by atoms with Crippen molar-refractivity contribution >= 4 is 23.5 Å². The smallest absolute Gasteiger partial charge is 0.317 e. The number of imide groups is 1. The molecule has 2 saturated heterocycles. The number of rotatable bonds is 5. The number of carbonyl (C=O) groups is 3. The van der Waals surface area contributed by atoms with Crippen LogP contribution in [-0.4, -0.2) is 53.5 Å². The van der Waals surface area contributed by atoms with E-state index >= 15 is 0 Å². The Balaban J connectivity index is 1.68. The van der Waals surface area contributed by atoms with Gasteiger partial charge in [0.2, 0.25) is 11.8 Å². The van der Waals surface area contributed by atoms with Gasteiger partial charge in [-0.2, -0.15) is 0 Å². The van der Waals surface area contributed by atoms with E-state index in [1.54, 1.807) is 4.90 Å². The minimum atomic E-state index is -0.922. The van der Waals surface area contributed by atoms with E-state index in [0.29, 0.717) is 25.9 Å². The van der Waals surface area contributed by atoms with Gasteiger partial charge in [0, 0.05) is 17.7 Å². The molecule has 7 nitrogen and oxygen atoms in total. The normalized spacial score (nSPS) is 21.8. The first-order valence-corrected chi connectivity index (χ1v) is 8.87. The van der Waals surface area contributed by atoms with Gasteiger partial charge in [0.15, 0.2) is 0 Å². The summed E-state index contributed by atoms with van der Waals surface area (Å²) in [4.78, 5) is 35.4. The lowest BCUT2D eigenvalue weighted by Gasteiger charge is -2.31. The highest BCUT2D eigenvalue weighted by Gasteiger charge is 2.29. The van der Waals surface area contributed by atoms with Crippen LogP contribution in [0.3, 0.4) is 0 Å². The monoisotopic (exact) mass is 381 g/mol. The lowest BCUT2D eigenvalue weighted by molar-refractivity contribution is -0.138. The number of aliphatic carboxylic acids is 1. The number of likely N-dealkylation sites (tertiary alicyclic amines) is 1. The molecular formula is C18H21F2N3O4. The lowest BCUT2D eigenvalue weighted by Crippen LogP contribution is -2.47. The molecule has 1 aromatic rings. The summed E-state index contributed by atoms with van der Waals surface area (Å²) in [5, 5.41) is 13.8. The number of piperidine rings is 2. The molecule has 2 aliphatic heterocycles. The van der Waals surface area contributed by atoms with Crippen LogP contribution in [0.25, 0.3) is 0 Å². The fraction of sp³-hybridized carbons (Fsp3) is 0.500. The lowest BCUT2D eigenvalue weighted by atomic mass is 9.88. The number of carboxylic acids is 1. The van der Waals surface area contributed by atoms with Crippen molar-refractivity contribution in [1.82, 2.24) is 10.2 Å². The van der Waals surface area contributed by atoms with E-state index in [1.165, 1.54) is 0 Å². The summed E-state index contributed by atoms with van der Waals surface area (Å²) in [7, 11) is 0. The average molecular weight is 381 g/mol. The van der Waals surface area contributed by atoms with Crippen molar-refractivity contribution in [1.29, 1.82) is 0 Å². The quantitative estimate of drug-likeness (QED) is 0.668. The van der Waals surface area contributed by atoms with Gasteiger partial charge in [0.25, 0.3) is 0 Å². The van der Waals surface area contributed by atoms with Crippen molar-refractivity contribution in [2.75, 3.05) is 25.0 Å². The van der Waals surface area contributed by atoms with Crippen LogP contribution in [0.4, 0.5) is 14.5 Å². The van der Waals surface area contributed by atoms with Gasteiger partial charge in [-0.25, -0.2) is 8.78 Å². The van der Waals surface area contributed by atoms with Gasteiger partial charge in [-0.3, -0.25) is 24.6 Å². The minimum Gasteiger partial charge on any atom is -0.480 e. The molecule has 1 atom stereocenters. The molecule has 0 aromatic heterocycles. The Hall–Kier alpha value is -2.55. The Morgan fingerprint density at radius 3 is 2.37 bits per heavy atom. The Morgan fingerprint density at radius 2 is 1.81 bits per heavy atom. The summed E-state index contributed by atoms with van der Waals surface area (Å²) in [5.74, 6) is -3.50. The Morgan fingerprint density at radius 1 is 1.19 bits per heavy atom. The molecule has 2 aliphatic rings. The fourth-order valence-corrected chi connectivity index (χ4v) is 3.66. The van der Waals surface area contributed by atoms with Gasteiger partial charge in [-0.15, -0.1) is 0 Å². The van der Waals surface area contributed by atoms with Crippen LogP contribution >= 0.6 is 0 Å². The summed E-state index contributed by atoms with van der Waals surface area (Å²) >= 11 is 0. The van der Waals surface area contributed by atoms with E-state index in [2.05, 4.69) is 10.6 Å². The average Bonchev–Trinajstić information content (AvgIpc) is 2.58. The van der Waals surface area contributed by atoms with Crippen molar-refractivity contribution in [2.45, 2.75) is 37.6 Å². The second kappa shape index (κ2) is 7.99. The fourth-order valence-electron chi connectivity index (χ4n) is 3.66. The summed E-state index contributed by atoms with van der Waals surface area (Å²) in [6.07, 6.45) is 1.38. The summed E-state index contributed by atoms with van der Waals surface area (Å²) in [5.41, 5.74) is 0.144. The molecule has 2 heterocycles. The van der Waals surface area contributed by atoms with Crippen molar-refractivity contribution in [3.63, 3.8) is 0 Å². The second-order valence-corrected chi connectivity index (χ2v) is 6.95. The molecule has 0 aliphatic carbocycles. The molecule has 2 fully saturated rings. The van der Waals surface area contributed by atoms with Gasteiger partial charge in [-0.05, 0) is 50.4 Å². The highest BCUT2D eigenvalue weighted by Crippen LogP contribution is 2.33. The summed E-state index contributed by atoms with van der Waals surface area (Å²) in [6, 6.07) is 1.60. The van der Waals surface area contributed by atoms with Crippen molar-refractivity contribution in [3.05, 3.63) is 29.3 Å². The zero-order chi connectivity index (χ0) is 19.6. The number of anilines is 1. The minimum absolute atomic E-state index is 0.00111. The van der Waals surface area contributed by atoms with Crippen molar-refractivity contribution in [3.8, 4) is 0 Å². The zero-order valence-corrected chi connectivity index (χ0v) is 14.6. The topological polar surface area (TPSA) is 98.7 Å². The first-order valence-electron chi connectivity index (χ1n) is 8.87. The maximum Gasteiger partial charge on any atom is 0.317 e. The molecule has 3 N–H and O–H groups in total. The van der Waals surface area contributed by atoms with Gasteiger partial charge in [0.05, 0.1) is 6.54 Å². The first kappa shape index (κ1) is 19.2. The number of carbonyl (C=O) groups excluding carboxylic acids is 2.